The number of aryl methyl sites for hydroxylation is 1. The van der Waals surface area contributed by atoms with Gasteiger partial charge in [0.25, 0.3) is 5.56 Å². The Balaban J connectivity index is 1.84. The van der Waals surface area contributed by atoms with Crippen LogP contribution in [0.4, 0.5) is 4.79 Å². The number of aromatic nitrogens is 2. The SMILES string of the molecule is CCn1c(=O)c2c(C)c(CN3CCNC3=O)sc2n(CC2CCOC2)c1=O. The van der Waals surface area contributed by atoms with Crippen LogP contribution in [-0.2, 0) is 24.4 Å². The number of amides is 2. The zero-order valence-corrected chi connectivity index (χ0v) is 16.4. The standard InChI is InChI=1S/C18H24N4O4S/c1-3-21-15(23)14-11(2)13(9-20-6-5-19-17(20)24)27-16(14)22(18(21)25)8-12-4-7-26-10-12/h12H,3-10H2,1-2H3,(H,19,24). The van der Waals surface area contributed by atoms with Crippen molar-refractivity contribution < 1.29 is 9.53 Å². The van der Waals surface area contributed by atoms with E-state index < -0.39 is 0 Å². The Labute approximate surface area is 160 Å². The second kappa shape index (κ2) is 7.12. The summed E-state index contributed by atoms with van der Waals surface area (Å²) in [6.07, 6.45) is 0.921. The van der Waals surface area contributed by atoms with Crippen LogP contribution in [0.25, 0.3) is 10.2 Å². The molecule has 2 fully saturated rings. The molecule has 0 saturated carbocycles. The van der Waals surface area contributed by atoms with Gasteiger partial charge in [0.1, 0.15) is 4.83 Å². The van der Waals surface area contributed by atoms with E-state index in [1.54, 1.807) is 9.47 Å². The fraction of sp³-hybridized carbons (Fsp3) is 0.611. The Bertz CT molecular complexity index is 999. The highest BCUT2D eigenvalue weighted by Gasteiger charge is 2.26. The molecule has 2 aliphatic heterocycles. The topological polar surface area (TPSA) is 85.6 Å². The number of hydrogen-bond donors (Lipinski definition) is 1. The Morgan fingerprint density at radius 3 is 2.70 bits per heavy atom. The summed E-state index contributed by atoms with van der Waals surface area (Å²) in [5, 5.41) is 3.40. The molecule has 0 aliphatic carbocycles. The molecule has 9 heteroatoms. The van der Waals surface area contributed by atoms with Crippen LogP contribution in [-0.4, -0.2) is 46.4 Å². The molecule has 4 heterocycles. The van der Waals surface area contributed by atoms with Gasteiger partial charge in [-0.25, -0.2) is 9.59 Å². The number of nitrogens with zero attached hydrogens (tertiary/aromatic N) is 3. The minimum Gasteiger partial charge on any atom is -0.381 e. The van der Waals surface area contributed by atoms with Crippen molar-refractivity contribution in [1.82, 2.24) is 19.4 Å². The molecule has 0 spiro atoms. The number of ether oxygens (including phenoxy) is 1. The van der Waals surface area contributed by atoms with E-state index in [2.05, 4.69) is 5.32 Å². The lowest BCUT2D eigenvalue weighted by Crippen LogP contribution is -2.40. The normalized spacial score (nSPS) is 20.0. The molecular formula is C18H24N4O4S. The number of urea groups is 1. The van der Waals surface area contributed by atoms with Crippen LogP contribution in [0.2, 0.25) is 0 Å². The maximum Gasteiger partial charge on any atom is 0.332 e. The molecule has 2 aromatic heterocycles. The van der Waals surface area contributed by atoms with Gasteiger partial charge in [0.15, 0.2) is 0 Å². The van der Waals surface area contributed by atoms with Crippen molar-refractivity contribution in [2.45, 2.75) is 39.9 Å². The summed E-state index contributed by atoms with van der Waals surface area (Å²) in [6.45, 7) is 7.73. The van der Waals surface area contributed by atoms with Gasteiger partial charge in [-0.15, -0.1) is 11.3 Å². The summed E-state index contributed by atoms with van der Waals surface area (Å²) in [6, 6.07) is -0.0849. The number of hydrogen-bond acceptors (Lipinski definition) is 5. The Hall–Kier alpha value is -2.13. The van der Waals surface area contributed by atoms with E-state index in [0.717, 1.165) is 23.5 Å². The summed E-state index contributed by atoms with van der Waals surface area (Å²) in [5.41, 5.74) is 0.384. The molecule has 4 rings (SSSR count). The lowest BCUT2D eigenvalue weighted by molar-refractivity contribution is 0.182. The van der Waals surface area contributed by atoms with Crippen LogP contribution in [0.3, 0.4) is 0 Å². The van der Waals surface area contributed by atoms with E-state index in [-0.39, 0.29) is 23.2 Å². The highest BCUT2D eigenvalue weighted by molar-refractivity contribution is 7.18. The number of rotatable bonds is 5. The van der Waals surface area contributed by atoms with Gasteiger partial charge in [0, 0.05) is 43.6 Å². The maximum atomic E-state index is 13.0. The van der Waals surface area contributed by atoms with Gasteiger partial charge >= 0.3 is 11.7 Å². The number of carbonyl (C=O) groups excluding carboxylic acids is 1. The number of nitrogens with one attached hydrogen (secondary N) is 1. The van der Waals surface area contributed by atoms with Gasteiger partial charge in [-0.2, -0.15) is 0 Å². The molecule has 0 aromatic carbocycles. The van der Waals surface area contributed by atoms with Gasteiger partial charge in [-0.1, -0.05) is 0 Å². The molecule has 27 heavy (non-hydrogen) atoms. The van der Waals surface area contributed by atoms with E-state index in [1.165, 1.54) is 15.9 Å². The maximum absolute atomic E-state index is 13.0. The van der Waals surface area contributed by atoms with Crippen molar-refractivity contribution in [2.75, 3.05) is 26.3 Å². The molecular weight excluding hydrogens is 368 g/mol. The van der Waals surface area contributed by atoms with Crippen LogP contribution in [0.5, 0.6) is 0 Å². The minimum absolute atomic E-state index is 0.0849. The molecule has 1 unspecified atom stereocenters. The second-order valence-electron chi connectivity index (χ2n) is 7.16. The van der Waals surface area contributed by atoms with Gasteiger partial charge in [0.05, 0.1) is 18.5 Å². The molecule has 8 nitrogen and oxygen atoms in total. The van der Waals surface area contributed by atoms with Crippen LogP contribution >= 0.6 is 11.3 Å². The highest BCUT2D eigenvalue weighted by Crippen LogP contribution is 2.30. The summed E-state index contributed by atoms with van der Waals surface area (Å²) in [7, 11) is 0. The van der Waals surface area contributed by atoms with E-state index in [9.17, 15) is 14.4 Å². The molecule has 146 valence electrons. The zero-order chi connectivity index (χ0) is 19.1. The first-order chi connectivity index (χ1) is 13.0. The molecule has 1 atom stereocenters. The smallest absolute Gasteiger partial charge is 0.332 e. The Morgan fingerprint density at radius 1 is 1.26 bits per heavy atom. The van der Waals surface area contributed by atoms with Crippen molar-refractivity contribution in [3.63, 3.8) is 0 Å². The quantitative estimate of drug-likeness (QED) is 0.826. The molecule has 2 amide bonds. The predicted molar refractivity (Wildman–Crippen MR) is 103 cm³/mol. The summed E-state index contributed by atoms with van der Waals surface area (Å²) >= 11 is 1.46. The number of carbonyl (C=O) groups is 1. The monoisotopic (exact) mass is 392 g/mol. The summed E-state index contributed by atoms with van der Waals surface area (Å²) in [5.74, 6) is 0.281. The first-order valence-corrected chi connectivity index (χ1v) is 10.2. The van der Waals surface area contributed by atoms with Crippen LogP contribution in [0.15, 0.2) is 9.59 Å². The number of thiophene rings is 1. The fourth-order valence-electron chi connectivity index (χ4n) is 3.85. The first-order valence-electron chi connectivity index (χ1n) is 9.37. The van der Waals surface area contributed by atoms with Gasteiger partial charge in [-0.05, 0) is 25.8 Å². The summed E-state index contributed by atoms with van der Waals surface area (Å²) in [4.78, 5) is 41.2. The number of fused-ring (bicyclic) bond motifs is 1. The molecule has 1 N–H and O–H groups in total. The molecule has 2 aliphatic rings. The van der Waals surface area contributed by atoms with E-state index in [4.69, 9.17) is 4.74 Å². The largest absolute Gasteiger partial charge is 0.381 e. The van der Waals surface area contributed by atoms with Gasteiger partial charge < -0.3 is 15.0 Å². The van der Waals surface area contributed by atoms with Gasteiger partial charge in [0.2, 0.25) is 0 Å². The van der Waals surface area contributed by atoms with Crippen LogP contribution in [0, 0.1) is 12.8 Å². The third-order valence-corrected chi connectivity index (χ3v) is 6.75. The van der Waals surface area contributed by atoms with Crippen molar-refractivity contribution in [3.8, 4) is 0 Å². The third-order valence-electron chi connectivity index (χ3n) is 5.45. The predicted octanol–water partition coefficient (Wildman–Crippen LogP) is 1.11. The van der Waals surface area contributed by atoms with Crippen LogP contribution in [0.1, 0.15) is 23.8 Å². The fourth-order valence-corrected chi connectivity index (χ4v) is 5.17. The third kappa shape index (κ3) is 3.08. The molecule has 2 saturated heterocycles. The first kappa shape index (κ1) is 18.2. The van der Waals surface area contributed by atoms with Crippen molar-refractivity contribution in [3.05, 3.63) is 31.3 Å². The lowest BCUT2D eigenvalue weighted by atomic mass is 10.1. The molecule has 2 aromatic rings. The second-order valence-corrected chi connectivity index (χ2v) is 8.24. The van der Waals surface area contributed by atoms with Crippen LogP contribution < -0.4 is 16.6 Å². The zero-order valence-electron chi connectivity index (χ0n) is 15.6. The average molecular weight is 392 g/mol. The minimum atomic E-state index is -0.256. The average Bonchev–Trinajstić information content (AvgIpc) is 3.36. The van der Waals surface area contributed by atoms with E-state index in [1.807, 2.05) is 13.8 Å². The van der Waals surface area contributed by atoms with E-state index in [0.29, 0.717) is 49.5 Å². The van der Waals surface area contributed by atoms with Crippen molar-refractivity contribution in [2.24, 2.45) is 5.92 Å². The Morgan fingerprint density at radius 2 is 2.07 bits per heavy atom. The van der Waals surface area contributed by atoms with Crippen molar-refractivity contribution in [1.29, 1.82) is 0 Å². The van der Waals surface area contributed by atoms with Gasteiger partial charge in [-0.3, -0.25) is 13.9 Å². The summed E-state index contributed by atoms with van der Waals surface area (Å²) < 4.78 is 8.51. The molecule has 0 radical (unpaired) electrons. The Kier molecular flexibility index (Phi) is 4.81. The highest BCUT2D eigenvalue weighted by atomic mass is 32.1. The van der Waals surface area contributed by atoms with Crippen molar-refractivity contribution >= 4 is 27.6 Å². The lowest BCUT2D eigenvalue weighted by Gasteiger charge is -2.14. The molecule has 0 bridgehead atoms. The van der Waals surface area contributed by atoms with E-state index >= 15 is 0 Å².